The van der Waals surface area contributed by atoms with E-state index in [2.05, 4.69) is 8.92 Å². The molecule has 12 nitrogen and oxygen atoms in total. The fourth-order valence-electron chi connectivity index (χ4n) is 1.54. The highest BCUT2D eigenvalue weighted by atomic mass is 32.3. The summed E-state index contributed by atoms with van der Waals surface area (Å²) in [6, 6.07) is -1.79. The summed E-state index contributed by atoms with van der Waals surface area (Å²) in [7, 11) is -9.62. The molecule has 0 aromatic rings. The molecule has 0 radical (unpaired) electrons. The summed E-state index contributed by atoms with van der Waals surface area (Å²) in [6.07, 6.45) is -7.37. The van der Waals surface area contributed by atoms with Crippen molar-refractivity contribution in [1.82, 2.24) is 4.72 Å². The molecule has 1 saturated heterocycles. The first-order valence-electron chi connectivity index (χ1n) is 4.97. The van der Waals surface area contributed by atoms with Gasteiger partial charge in [-0.15, -0.1) is 0 Å². The van der Waals surface area contributed by atoms with Crippen LogP contribution in [0.25, 0.3) is 0 Å². The van der Waals surface area contributed by atoms with Crippen LogP contribution in [0.1, 0.15) is 0 Å². The number of aliphatic hydroxyl groups is 3. The Kier molecular flexibility index (Phi) is 5.41. The summed E-state index contributed by atoms with van der Waals surface area (Å²) in [5, 5.41) is 28.6. The summed E-state index contributed by atoms with van der Waals surface area (Å²) in [6.45, 7) is -0.938. The van der Waals surface area contributed by atoms with Gasteiger partial charge in [0.1, 0.15) is 24.4 Å². The first kappa shape index (κ1) is 17.6. The predicted molar refractivity (Wildman–Crippen MR) is 58.9 cm³/mol. The van der Waals surface area contributed by atoms with Gasteiger partial charge in [0.2, 0.25) is 0 Å². The molecular weight excluding hydrogens is 326 g/mol. The molecule has 14 heteroatoms. The molecule has 120 valence electrons. The van der Waals surface area contributed by atoms with E-state index in [4.69, 9.17) is 9.11 Å². The Morgan fingerprint density at radius 3 is 2.05 bits per heavy atom. The van der Waals surface area contributed by atoms with Crippen LogP contribution < -0.4 is 4.72 Å². The van der Waals surface area contributed by atoms with Gasteiger partial charge in [-0.2, -0.15) is 21.6 Å². The van der Waals surface area contributed by atoms with E-state index in [9.17, 15) is 32.2 Å². The average Bonchev–Trinajstić information content (AvgIpc) is 2.25. The standard InChI is InChI=1S/C6H13NO11S2/c8-4-2(1-17-20(14,15)16)18-6(10)3(5(4)9)7-19(11,12)13/h2-10H,1H2,(H,11,12,13)(H,14,15,16)/t2?,3-,4+,5?,6+/m0/s1. The highest BCUT2D eigenvalue weighted by Gasteiger charge is 2.45. The van der Waals surface area contributed by atoms with Gasteiger partial charge in [0.25, 0.3) is 0 Å². The third-order valence-electron chi connectivity index (χ3n) is 2.39. The Morgan fingerprint density at radius 2 is 1.60 bits per heavy atom. The van der Waals surface area contributed by atoms with Crippen LogP contribution >= 0.6 is 0 Å². The van der Waals surface area contributed by atoms with Crippen LogP contribution in [-0.4, -0.2) is 78.5 Å². The van der Waals surface area contributed by atoms with Crippen molar-refractivity contribution < 1.29 is 50.2 Å². The van der Waals surface area contributed by atoms with Crippen LogP contribution in [0.5, 0.6) is 0 Å². The second-order valence-electron chi connectivity index (χ2n) is 3.88. The average molecular weight is 339 g/mol. The van der Waals surface area contributed by atoms with Gasteiger partial charge < -0.3 is 20.1 Å². The van der Waals surface area contributed by atoms with Gasteiger partial charge in [0.05, 0.1) is 6.61 Å². The quantitative estimate of drug-likeness (QED) is 0.267. The Bertz CT molecular complexity index is 527. The van der Waals surface area contributed by atoms with Crippen LogP contribution in [0.15, 0.2) is 0 Å². The molecule has 0 amide bonds. The third-order valence-corrected chi connectivity index (χ3v) is 3.39. The lowest BCUT2D eigenvalue weighted by molar-refractivity contribution is -0.250. The largest absolute Gasteiger partial charge is 0.397 e. The molecule has 0 aromatic heterocycles. The number of nitrogens with one attached hydrogen (secondary N) is 1. The minimum Gasteiger partial charge on any atom is -0.388 e. The van der Waals surface area contributed by atoms with Gasteiger partial charge in [-0.1, -0.05) is 0 Å². The molecule has 1 aliphatic heterocycles. The van der Waals surface area contributed by atoms with E-state index in [1.54, 1.807) is 0 Å². The minimum atomic E-state index is -4.83. The number of ether oxygens (including phenoxy) is 1. The normalized spacial score (nSPS) is 36.0. The second-order valence-corrected chi connectivity index (χ2v) is 6.15. The minimum absolute atomic E-state index is 0.938. The topological polar surface area (TPSA) is 200 Å². The lowest BCUT2D eigenvalue weighted by Crippen LogP contribution is -2.64. The summed E-state index contributed by atoms with van der Waals surface area (Å²) >= 11 is 0. The maximum atomic E-state index is 10.6. The Labute approximate surface area is 113 Å². The molecule has 2 unspecified atom stereocenters. The van der Waals surface area contributed by atoms with Gasteiger partial charge in [-0.3, -0.25) is 9.11 Å². The van der Waals surface area contributed by atoms with Crippen molar-refractivity contribution in [1.29, 1.82) is 0 Å². The summed E-state index contributed by atoms with van der Waals surface area (Å²) < 4.78 is 68.7. The molecule has 1 heterocycles. The SMILES string of the molecule is O=S(=O)(O)N[C@H]1C(O)[C@H](O)C(COS(=O)(=O)O)O[C@H]1O. The van der Waals surface area contributed by atoms with E-state index in [1.165, 1.54) is 4.72 Å². The molecule has 1 rings (SSSR count). The maximum absolute atomic E-state index is 10.6. The zero-order valence-corrected chi connectivity index (χ0v) is 11.2. The molecule has 0 aromatic carbocycles. The first-order valence-corrected chi connectivity index (χ1v) is 7.77. The molecule has 0 spiro atoms. The zero-order chi connectivity index (χ0) is 15.7. The van der Waals surface area contributed by atoms with Crippen molar-refractivity contribution in [3.05, 3.63) is 0 Å². The molecule has 6 N–H and O–H groups in total. The third kappa shape index (κ3) is 5.17. The molecule has 5 atom stereocenters. The van der Waals surface area contributed by atoms with E-state index < -0.39 is 58.0 Å². The molecule has 0 bridgehead atoms. The van der Waals surface area contributed by atoms with E-state index in [0.29, 0.717) is 0 Å². The Balaban J connectivity index is 2.76. The van der Waals surface area contributed by atoms with Gasteiger partial charge >= 0.3 is 20.7 Å². The molecule has 0 aliphatic carbocycles. The Hall–Kier alpha value is -0.420. The number of hydrogen-bond acceptors (Lipinski definition) is 9. The van der Waals surface area contributed by atoms with Crippen molar-refractivity contribution >= 4 is 20.7 Å². The summed E-state index contributed by atoms with van der Waals surface area (Å²) in [5.41, 5.74) is 0. The molecule has 1 fully saturated rings. The lowest BCUT2D eigenvalue weighted by atomic mass is 9.98. The van der Waals surface area contributed by atoms with Crippen LogP contribution in [0, 0.1) is 0 Å². The maximum Gasteiger partial charge on any atom is 0.397 e. The van der Waals surface area contributed by atoms with Gasteiger partial charge in [0.15, 0.2) is 6.29 Å². The van der Waals surface area contributed by atoms with Crippen LogP contribution in [-0.2, 0) is 29.6 Å². The lowest BCUT2D eigenvalue weighted by Gasteiger charge is -2.39. The van der Waals surface area contributed by atoms with E-state index >= 15 is 0 Å². The van der Waals surface area contributed by atoms with Crippen LogP contribution in [0.2, 0.25) is 0 Å². The molecular formula is C6H13NO11S2. The van der Waals surface area contributed by atoms with Crippen LogP contribution in [0.3, 0.4) is 0 Å². The van der Waals surface area contributed by atoms with Crippen molar-refractivity contribution in [2.75, 3.05) is 6.61 Å². The molecule has 0 saturated carbocycles. The van der Waals surface area contributed by atoms with Crippen molar-refractivity contribution in [3.63, 3.8) is 0 Å². The highest BCUT2D eigenvalue weighted by Crippen LogP contribution is 2.21. The fraction of sp³-hybridized carbons (Fsp3) is 1.00. The number of rotatable bonds is 5. The van der Waals surface area contributed by atoms with Gasteiger partial charge in [0, 0.05) is 0 Å². The molecule has 1 aliphatic rings. The van der Waals surface area contributed by atoms with Crippen molar-refractivity contribution in [3.8, 4) is 0 Å². The second kappa shape index (κ2) is 6.14. The summed E-state index contributed by atoms with van der Waals surface area (Å²) in [5.74, 6) is 0. The van der Waals surface area contributed by atoms with E-state index in [0.717, 1.165) is 0 Å². The Morgan fingerprint density at radius 1 is 1.05 bits per heavy atom. The van der Waals surface area contributed by atoms with Gasteiger partial charge in [-0.25, -0.2) is 4.18 Å². The van der Waals surface area contributed by atoms with Crippen LogP contribution in [0.4, 0.5) is 0 Å². The smallest absolute Gasteiger partial charge is 0.388 e. The first-order chi connectivity index (χ1) is 8.91. The van der Waals surface area contributed by atoms with Gasteiger partial charge in [-0.05, 0) is 0 Å². The number of aliphatic hydroxyl groups excluding tert-OH is 3. The van der Waals surface area contributed by atoms with Crippen molar-refractivity contribution in [2.24, 2.45) is 0 Å². The predicted octanol–water partition coefficient (Wildman–Crippen LogP) is -3.99. The van der Waals surface area contributed by atoms with E-state index in [1.807, 2.05) is 0 Å². The fourth-order valence-corrected chi connectivity index (χ4v) is 2.44. The van der Waals surface area contributed by atoms with E-state index in [-0.39, 0.29) is 0 Å². The molecule has 20 heavy (non-hydrogen) atoms. The zero-order valence-electron chi connectivity index (χ0n) is 9.60. The monoisotopic (exact) mass is 339 g/mol. The van der Waals surface area contributed by atoms with Crippen molar-refractivity contribution in [2.45, 2.75) is 30.6 Å². The summed E-state index contributed by atoms with van der Waals surface area (Å²) in [4.78, 5) is 0. The highest BCUT2D eigenvalue weighted by molar-refractivity contribution is 7.83. The number of hydrogen-bond donors (Lipinski definition) is 6.